The molecule has 0 aliphatic carbocycles. The van der Waals surface area contributed by atoms with E-state index in [9.17, 15) is 9.36 Å². The molecule has 0 saturated heterocycles. The minimum absolute atomic E-state index is 0.212. The van der Waals surface area contributed by atoms with Crippen LogP contribution in [0.1, 0.15) is 32.6 Å². The number of carbonyl (C=O) groups excluding carboxylic acids is 1. The van der Waals surface area contributed by atoms with Gasteiger partial charge in [0.15, 0.2) is 0 Å². The number of carbonyl (C=O) groups is 1. The van der Waals surface area contributed by atoms with Gasteiger partial charge in [0, 0.05) is 0 Å². The predicted molar refractivity (Wildman–Crippen MR) is 52.0 cm³/mol. The van der Waals surface area contributed by atoms with Gasteiger partial charge in [-0.2, -0.15) is 0 Å². The Kier molecular flexibility index (Phi) is 6.79. The van der Waals surface area contributed by atoms with Crippen LogP contribution in [0, 0.1) is 0 Å². The first-order valence-corrected chi connectivity index (χ1v) is 6.45. The third-order valence-electron chi connectivity index (χ3n) is 1.62. The largest absolute Gasteiger partial charge is 0.466 e. The zero-order valence-corrected chi connectivity index (χ0v) is 9.20. The van der Waals surface area contributed by atoms with Crippen molar-refractivity contribution in [3.63, 3.8) is 0 Å². The summed E-state index contributed by atoms with van der Waals surface area (Å²) in [6.07, 6.45) is 2.19. The van der Waals surface area contributed by atoms with E-state index in [-0.39, 0.29) is 6.42 Å². The van der Waals surface area contributed by atoms with Crippen molar-refractivity contribution >= 4 is 13.6 Å². The van der Waals surface area contributed by atoms with Crippen molar-refractivity contribution in [1.82, 2.24) is 0 Å². The summed E-state index contributed by atoms with van der Waals surface area (Å²) >= 11 is 0. The molecule has 6 heteroatoms. The molecule has 0 aromatic heterocycles. The molecule has 0 bridgehead atoms. The molecule has 0 heterocycles. The average molecular weight is 224 g/mol. The molecule has 0 rings (SSSR count). The zero-order valence-electron chi connectivity index (χ0n) is 8.31. The van der Waals surface area contributed by atoms with E-state index in [1.54, 1.807) is 0 Å². The second kappa shape index (κ2) is 6.98. The summed E-state index contributed by atoms with van der Waals surface area (Å²) < 4.78 is 15.2. The maximum atomic E-state index is 10.9. The van der Waals surface area contributed by atoms with E-state index >= 15 is 0 Å². The summed E-state index contributed by atoms with van der Waals surface area (Å²) in [4.78, 5) is 27.8. The highest BCUT2D eigenvalue weighted by Gasteiger charge is 2.15. The van der Waals surface area contributed by atoms with Crippen molar-refractivity contribution in [2.24, 2.45) is 0 Å². The van der Waals surface area contributed by atoms with Crippen LogP contribution in [0.15, 0.2) is 0 Å². The fourth-order valence-electron chi connectivity index (χ4n) is 0.847. The lowest BCUT2D eigenvalue weighted by Crippen LogP contribution is -2.07. The first kappa shape index (κ1) is 13.6. The molecule has 0 unspecified atom stereocenters. The third kappa shape index (κ3) is 9.71. The topological polar surface area (TPSA) is 83.8 Å². The molecule has 14 heavy (non-hydrogen) atoms. The number of unbranched alkanes of at least 4 members (excludes halogenated alkanes) is 2. The molecule has 0 spiro atoms. The highest BCUT2D eigenvalue weighted by Crippen LogP contribution is 2.34. The SMILES string of the molecule is CCCCCOC(=O)CCP(=O)(O)O. The first-order valence-electron chi connectivity index (χ1n) is 4.66. The number of rotatable bonds is 7. The van der Waals surface area contributed by atoms with Crippen molar-refractivity contribution in [2.75, 3.05) is 12.8 Å². The first-order chi connectivity index (χ1) is 6.45. The molecule has 0 radical (unpaired) electrons. The Labute approximate surface area is 83.6 Å². The van der Waals surface area contributed by atoms with Crippen LogP contribution in [-0.4, -0.2) is 28.5 Å². The molecular formula is C8H17O5P. The quantitative estimate of drug-likeness (QED) is 0.386. The van der Waals surface area contributed by atoms with E-state index in [1.165, 1.54) is 0 Å². The number of hydrogen-bond donors (Lipinski definition) is 2. The second-order valence-corrected chi connectivity index (χ2v) is 4.84. The molecule has 0 aliphatic rings. The van der Waals surface area contributed by atoms with Gasteiger partial charge in [0.1, 0.15) is 0 Å². The third-order valence-corrected chi connectivity index (χ3v) is 2.42. The van der Waals surface area contributed by atoms with E-state index in [0.717, 1.165) is 19.3 Å². The molecule has 0 aromatic carbocycles. The minimum atomic E-state index is -4.07. The Morgan fingerprint density at radius 1 is 1.36 bits per heavy atom. The Hall–Kier alpha value is -0.380. The standard InChI is InChI=1S/C8H17O5P/c1-2-3-4-6-13-8(9)5-7-14(10,11)12/h2-7H2,1H3,(H2,10,11,12). The number of esters is 1. The Morgan fingerprint density at radius 3 is 2.50 bits per heavy atom. The molecule has 0 amide bonds. The molecule has 0 aromatic rings. The lowest BCUT2D eigenvalue weighted by molar-refractivity contribution is -0.143. The number of hydrogen-bond acceptors (Lipinski definition) is 3. The fourth-order valence-corrected chi connectivity index (χ4v) is 1.32. The zero-order chi connectivity index (χ0) is 11.0. The van der Waals surface area contributed by atoms with Gasteiger partial charge in [0.25, 0.3) is 0 Å². The summed E-state index contributed by atoms with van der Waals surface area (Å²) in [5.74, 6) is -0.538. The van der Waals surface area contributed by atoms with Gasteiger partial charge in [-0.05, 0) is 6.42 Å². The van der Waals surface area contributed by atoms with Gasteiger partial charge in [-0.15, -0.1) is 0 Å². The van der Waals surface area contributed by atoms with Crippen molar-refractivity contribution in [3.05, 3.63) is 0 Å². The predicted octanol–water partition coefficient (Wildman–Crippen LogP) is 1.29. The van der Waals surface area contributed by atoms with Gasteiger partial charge in [0.2, 0.25) is 0 Å². The summed E-state index contributed by atoms with van der Waals surface area (Å²) in [6, 6.07) is 0. The van der Waals surface area contributed by atoms with Crippen molar-refractivity contribution < 1.29 is 23.9 Å². The van der Waals surface area contributed by atoms with Crippen molar-refractivity contribution in [2.45, 2.75) is 32.6 Å². The van der Waals surface area contributed by atoms with Crippen molar-refractivity contribution in [1.29, 1.82) is 0 Å². The molecule has 0 fully saturated rings. The van der Waals surface area contributed by atoms with E-state index in [0.29, 0.717) is 6.61 Å². The summed E-state index contributed by atoms with van der Waals surface area (Å²) in [5, 5.41) is 0. The van der Waals surface area contributed by atoms with Gasteiger partial charge in [0.05, 0.1) is 19.2 Å². The molecule has 0 atom stereocenters. The summed E-state index contributed by atoms with van der Waals surface area (Å²) in [6.45, 7) is 2.38. The lowest BCUT2D eigenvalue weighted by atomic mass is 10.3. The highest BCUT2D eigenvalue weighted by atomic mass is 31.2. The van der Waals surface area contributed by atoms with Crippen LogP contribution < -0.4 is 0 Å². The van der Waals surface area contributed by atoms with E-state index < -0.39 is 19.7 Å². The molecule has 2 N–H and O–H groups in total. The van der Waals surface area contributed by atoms with Crippen molar-refractivity contribution in [3.8, 4) is 0 Å². The molecule has 0 aliphatic heterocycles. The molecule has 0 saturated carbocycles. The minimum Gasteiger partial charge on any atom is -0.466 e. The lowest BCUT2D eigenvalue weighted by Gasteiger charge is -2.04. The van der Waals surface area contributed by atoms with Crippen LogP contribution in [0.3, 0.4) is 0 Å². The van der Waals surface area contributed by atoms with Crippen LogP contribution >= 0.6 is 7.60 Å². The van der Waals surface area contributed by atoms with Gasteiger partial charge < -0.3 is 14.5 Å². The summed E-state index contributed by atoms with van der Waals surface area (Å²) in [7, 11) is -4.07. The summed E-state index contributed by atoms with van der Waals surface area (Å²) in [5.41, 5.74) is 0. The Bertz CT molecular complexity index is 210. The Balaban J connectivity index is 3.42. The van der Waals surface area contributed by atoms with Crippen LogP contribution in [0.5, 0.6) is 0 Å². The molecular weight excluding hydrogens is 207 g/mol. The molecule has 84 valence electrons. The van der Waals surface area contributed by atoms with Gasteiger partial charge in [-0.1, -0.05) is 19.8 Å². The van der Waals surface area contributed by atoms with Crippen LogP contribution in [-0.2, 0) is 14.1 Å². The average Bonchev–Trinajstić information content (AvgIpc) is 2.08. The fraction of sp³-hybridized carbons (Fsp3) is 0.875. The van der Waals surface area contributed by atoms with Crippen LogP contribution in [0.25, 0.3) is 0 Å². The van der Waals surface area contributed by atoms with Crippen LogP contribution in [0.4, 0.5) is 0 Å². The smallest absolute Gasteiger partial charge is 0.326 e. The maximum Gasteiger partial charge on any atom is 0.326 e. The number of ether oxygens (including phenoxy) is 1. The van der Waals surface area contributed by atoms with E-state index in [4.69, 9.17) is 14.5 Å². The Morgan fingerprint density at radius 2 is 2.00 bits per heavy atom. The normalized spacial score (nSPS) is 11.4. The van der Waals surface area contributed by atoms with Gasteiger partial charge in [-0.25, -0.2) is 0 Å². The van der Waals surface area contributed by atoms with Gasteiger partial charge >= 0.3 is 13.6 Å². The molecule has 5 nitrogen and oxygen atoms in total. The maximum absolute atomic E-state index is 10.9. The monoisotopic (exact) mass is 224 g/mol. The second-order valence-electron chi connectivity index (χ2n) is 3.07. The highest BCUT2D eigenvalue weighted by molar-refractivity contribution is 7.51. The van der Waals surface area contributed by atoms with E-state index in [2.05, 4.69) is 0 Å². The van der Waals surface area contributed by atoms with Gasteiger partial charge in [-0.3, -0.25) is 9.36 Å². The van der Waals surface area contributed by atoms with E-state index in [1.807, 2.05) is 6.92 Å². The van der Waals surface area contributed by atoms with Crippen LogP contribution in [0.2, 0.25) is 0 Å².